The van der Waals surface area contributed by atoms with Crippen molar-refractivity contribution in [2.75, 3.05) is 0 Å². The Balaban J connectivity index is 1.73. The van der Waals surface area contributed by atoms with E-state index in [4.69, 9.17) is 39.5 Å². The van der Waals surface area contributed by atoms with Gasteiger partial charge in [-0.25, -0.2) is 4.68 Å². The zero-order valence-electron chi connectivity index (χ0n) is 12.2. The van der Waals surface area contributed by atoms with Crippen LogP contribution in [-0.4, -0.2) is 21.1 Å². The average molecular weight is 382 g/mol. The lowest BCUT2D eigenvalue weighted by atomic mass is 10.2. The lowest BCUT2D eigenvalue weighted by Gasteiger charge is -2.11. The topological polar surface area (TPSA) is 52.3 Å². The molecule has 2 aromatic carbocycles. The normalized spacial score (nSPS) is 11.1. The van der Waals surface area contributed by atoms with E-state index >= 15 is 0 Å². The molecular weight excluding hydrogens is 371 g/mol. The molecule has 0 radical (unpaired) electrons. The Morgan fingerprint density at radius 3 is 2.58 bits per heavy atom. The van der Waals surface area contributed by atoms with E-state index in [0.717, 1.165) is 5.56 Å². The fourth-order valence-electron chi connectivity index (χ4n) is 1.93. The Kier molecular flexibility index (Phi) is 5.35. The maximum atomic E-state index is 6.17. The molecular formula is C16H11Cl3N4O. The molecule has 0 bridgehead atoms. The Morgan fingerprint density at radius 1 is 1.04 bits per heavy atom. The van der Waals surface area contributed by atoms with E-state index < -0.39 is 0 Å². The van der Waals surface area contributed by atoms with Crippen molar-refractivity contribution < 1.29 is 4.74 Å². The molecule has 0 spiro atoms. The van der Waals surface area contributed by atoms with Crippen molar-refractivity contribution in [3.8, 4) is 5.75 Å². The van der Waals surface area contributed by atoms with E-state index in [9.17, 15) is 0 Å². The average Bonchev–Trinajstić information content (AvgIpc) is 3.10. The van der Waals surface area contributed by atoms with Crippen LogP contribution in [0.1, 0.15) is 11.1 Å². The number of aromatic nitrogens is 3. The summed E-state index contributed by atoms with van der Waals surface area (Å²) >= 11 is 18.3. The van der Waals surface area contributed by atoms with Crippen molar-refractivity contribution in [1.82, 2.24) is 14.9 Å². The first-order chi connectivity index (χ1) is 11.6. The van der Waals surface area contributed by atoms with Crippen LogP contribution in [0.15, 0.2) is 54.2 Å². The first-order valence-corrected chi connectivity index (χ1v) is 8.01. The molecule has 0 aliphatic rings. The smallest absolute Gasteiger partial charge is 0.141 e. The minimum absolute atomic E-state index is 0.213. The van der Waals surface area contributed by atoms with Crippen molar-refractivity contribution >= 4 is 41.0 Å². The molecule has 8 heteroatoms. The van der Waals surface area contributed by atoms with Gasteiger partial charge in [0, 0.05) is 10.6 Å². The van der Waals surface area contributed by atoms with Crippen LogP contribution >= 0.6 is 34.8 Å². The van der Waals surface area contributed by atoms with Gasteiger partial charge in [0.25, 0.3) is 0 Å². The second-order valence-corrected chi connectivity index (χ2v) is 5.96. The highest BCUT2D eigenvalue weighted by Gasteiger charge is 2.10. The summed E-state index contributed by atoms with van der Waals surface area (Å²) in [6.07, 6.45) is 4.68. The molecule has 0 atom stereocenters. The predicted octanol–water partition coefficient (Wildman–Crippen LogP) is 4.70. The highest BCUT2D eigenvalue weighted by Crippen LogP contribution is 2.32. The molecule has 1 aromatic heterocycles. The van der Waals surface area contributed by atoms with Crippen LogP contribution in [-0.2, 0) is 6.61 Å². The van der Waals surface area contributed by atoms with Gasteiger partial charge in [-0.1, -0.05) is 46.9 Å². The molecule has 1 heterocycles. The third-order valence-electron chi connectivity index (χ3n) is 3.13. The van der Waals surface area contributed by atoms with Crippen LogP contribution in [0.2, 0.25) is 15.1 Å². The Bertz CT molecular complexity index is 866. The molecule has 24 heavy (non-hydrogen) atoms. The molecule has 122 valence electrons. The number of nitrogens with zero attached hydrogens (tertiary/aromatic N) is 4. The van der Waals surface area contributed by atoms with E-state index in [1.54, 1.807) is 18.3 Å². The zero-order chi connectivity index (χ0) is 16.9. The number of benzene rings is 2. The van der Waals surface area contributed by atoms with E-state index in [1.807, 2.05) is 24.3 Å². The van der Waals surface area contributed by atoms with Gasteiger partial charge in [0.2, 0.25) is 0 Å². The number of hydrogen-bond donors (Lipinski definition) is 0. The van der Waals surface area contributed by atoms with Gasteiger partial charge in [-0.05, 0) is 29.8 Å². The quantitative estimate of drug-likeness (QED) is 0.475. The van der Waals surface area contributed by atoms with Crippen LogP contribution in [0, 0.1) is 0 Å². The number of ether oxygens (including phenoxy) is 1. The van der Waals surface area contributed by atoms with Crippen LogP contribution < -0.4 is 4.74 Å². The Labute approximate surface area is 153 Å². The second kappa shape index (κ2) is 7.66. The Hall–Kier alpha value is -2.08. The van der Waals surface area contributed by atoms with Gasteiger partial charge < -0.3 is 4.74 Å². The summed E-state index contributed by atoms with van der Waals surface area (Å²) in [6.45, 7) is 0.213. The maximum Gasteiger partial charge on any atom is 0.141 e. The zero-order valence-corrected chi connectivity index (χ0v) is 14.5. The van der Waals surface area contributed by atoms with Crippen LogP contribution in [0.25, 0.3) is 0 Å². The molecule has 0 aliphatic carbocycles. The maximum absolute atomic E-state index is 6.17. The van der Waals surface area contributed by atoms with E-state index in [2.05, 4.69) is 15.3 Å². The minimum atomic E-state index is 0.213. The first kappa shape index (κ1) is 16.8. The molecule has 0 saturated heterocycles. The molecule has 5 nitrogen and oxygen atoms in total. The van der Waals surface area contributed by atoms with Gasteiger partial charge in [0.05, 0.1) is 16.3 Å². The van der Waals surface area contributed by atoms with Crippen molar-refractivity contribution in [3.05, 3.63) is 75.2 Å². The minimum Gasteiger partial charge on any atom is -0.489 e. The number of rotatable bonds is 5. The molecule has 0 N–H and O–H groups in total. The number of halogens is 3. The van der Waals surface area contributed by atoms with Gasteiger partial charge in [-0.15, -0.1) is 10.2 Å². The van der Waals surface area contributed by atoms with Gasteiger partial charge >= 0.3 is 0 Å². The molecule has 0 saturated carbocycles. The van der Waals surface area contributed by atoms with Crippen molar-refractivity contribution in [2.45, 2.75) is 6.61 Å². The standard InChI is InChI=1S/C16H11Cl3N4O/c17-14-4-5-15(18)16(19)13(14)8-24-12-3-1-2-11(6-12)7-22-23-9-20-21-10-23/h1-7,9-10H,8H2/b22-7+. The summed E-state index contributed by atoms with van der Waals surface area (Å²) in [4.78, 5) is 0. The molecule has 0 amide bonds. The lowest BCUT2D eigenvalue weighted by molar-refractivity contribution is 0.306. The molecule has 0 fully saturated rings. The third kappa shape index (κ3) is 4.06. The largest absolute Gasteiger partial charge is 0.489 e. The van der Waals surface area contributed by atoms with Crippen molar-refractivity contribution in [1.29, 1.82) is 0 Å². The summed E-state index contributed by atoms with van der Waals surface area (Å²) in [5.41, 5.74) is 1.51. The van der Waals surface area contributed by atoms with Gasteiger partial charge in [-0.3, -0.25) is 0 Å². The number of hydrogen-bond acceptors (Lipinski definition) is 4. The SMILES string of the molecule is Clc1ccc(Cl)c(COc2cccc(/C=N/n3cnnc3)c2)c1Cl. The fourth-order valence-corrected chi connectivity index (χ4v) is 2.59. The second-order valence-electron chi connectivity index (χ2n) is 4.77. The fraction of sp³-hybridized carbons (Fsp3) is 0.0625. The summed E-state index contributed by atoms with van der Waals surface area (Å²) in [7, 11) is 0. The summed E-state index contributed by atoms with van der Waals surface area (Å²) in [6, 6.07) is 10.8. The van der Waals surface area contributed by atoms with Gasteiger partial charge in [-0.2, -0.15) is 5.10 Å². The summed E-state index contributed by atoms with van der Waals surface area (Å²) in [5.74, 6) is 0.662. The van der Waals surface area contributed by atoms with Crippen LogP contribution in [0.3, 0.4) is 0 Å². The lowest BCUT2D eigenvalue weighted by Crippen LogP contribution is -1.98. The van der Waals surface area contributed by atoms with E-state index in [0.29, 0.717) is 26.4 Å². The predicted molar refractivity (Wildman–Crippen MR) is 95.3 cm³/mol. The monoisotopic (exact) mass is 380 g/mol. The van der Waals surface area contributed by atoms with E-state index in [-0.39, 0.29) is 6.61 Å². The molecule has 3 aromatic rings. The van der Waals surface area contributed by atoms with Crippen molar-refractivity contribution in [3.63, 3.8) is 0 Å². The third-order valence-corrected chi connectivity index (χ3v) is 4.32. The molecule has 0 aliphatic heterocycles. The highest BCUT2D eigenvalue weighted by atomic mass is 35.5. The van der Waals surface area contributed by atoms with Gasteiger partial charge in [0.15, 0.2) is 0 Å². The van der Waals surface area contributed by atoms with Crippen LogP contribution in [0.4, 0.5) is 0 Å². The van der Waals surface area contributed by atoms with Crippen LogP contribution in [0.5, 0.6) is 5.75 Å². The first-order valence-electron chi connectivity index (χ1n) is 6.88. The summed E-state index contributed by atoms with van der Waals surface area (Å²) in [5, 5.41) is 12.9. The van der Waals surface area contributed by atoms with E-state index in [1.165, 1.54) is 17.3 Å². The Morgan fingerprint density at radius 2 is 1.79 bits per heavy atom. The summed E-state index contributed by atoms with van der Waals surface area (Å²) < 4.78 is 7.26. The highest BCUT2D eigenvalue weighted by molar-refractivity contribution is 6.44. The molecule has 3 rings (SSSR count). The molecule has 0 unspecified atom stereocenters. The van der Waals surface area contributed by atoms with Gasteiger partial charge in [0.1, 0.15) is 25.0 Å². The van der Waals surface area contributed by atoms with Crippen molar-refractivity contribution in [2.24, 2.45) is 5.10 Å².